The Labute approximate surface area is 116 Å². The third-order valence-electron chi connectivity index (χ3n) is 4.14. The summed E-state index contributed by atoms with van der Waals surface area (Å²) >= 11 is 0. The maximum absolute atomic E-state index is 6.31. The maximum atomic E-state index is 6.31. The van der Waals surface area contributed by atoms with Gasteiger partial charge in [0.2, 0.25) is 0 Å². The summed E-state index contributed by atoms with van der Waals surface area (Å²) < 4.78 is 6.31. The SMILES string of the molecule is CCC1CCCC(OC(c2cccnc2)C(C)N)C1. The number of aromatic nitrogens is 1. The fourth-order valence-corrected chi connectivity index (χ4v) is 2.99. The lowest BCUT2D eigenvalue weighted by Crippen LogP contribution is -2.32. The highest BCUT2D eigenvalue weighted by Gasteiger charge is 2.26. The summed E-state index contributed by atoms with van der Waals surface area (Å²) in [5.74, 6) is 0.821. The molecule has 4 unspecified atom stereocenters. The van der Waals surface area contributed by atoms with Crippen molar-refractivity contribution < 1.29 is 4.74 Å². The van der Waals surface area contributed by atoms with Crippen LogP contribution in [-0.2, 0) is 4.74 Å². The Morgan fingerprint density at radius 2 is 2.32 bits per heavy atom. The second-order valence-electron chi connectivity index (χ2n) is 5.77. The molecule has 0 spiro atoms. The van der Waals surface area contributed by atoms with Crippen LogP contribution in [0.4, 0.5) is 0 Å². The van der Waals surface area contributed by atoms with E-state index in [-0.39, 0.29) is 12.1 Å². The highest BCUT2D eigenvalue weighted by Crippen LogP contribution is 2.32. The number of hydrogen-bond acceptors (Lipinski definition) is 3. The average molecular weight is 262 g/mol. The Kier molecular flexibility index (Phi) is 5.34. The van der Waals surface area contributed by atoms with Crippen molar-refractivity contribution in [3.05, 3.63) is 30.1 Å². The van der Waals surface area contributed by atoms with Crippen molar-refractivity contribution in [1.29, 1.82) is 0 Å². The topological polar surface area (TPSA) is 48.1 Å². The Balaban J connectivity index is 2.01. The van der Waals surface area contributed by atoms with E-state index in [1.165, 1.54) is 32.1 Å². The number of hydrogen-bond donors (Lipinski definition) is 1. The van der Waals surface area contributed by atoms with Gasteiger partial charge in [0.25, 0.3) is 0 Å². The summed E-state index contributed by atoms with van der Waals surface area (Å²) in [5.41, 5.74) is 7.19. The van der Waals surface area contributed by atoms with Crippen LogP contribution < -0.4 is 5.73 Å². The molecule has 0 amide bonds. The first-order valence-electron chi connectivity index (χ1n) is 7.51. The lowest BCUT2D eigenvalue weighted by atomic mass is 9.85. The van der Waals surface area contributed by atoms with E-state index >= 15 is 0 Å². The summed E-state index contributed by atoms with van der Waals surface area (Å²) in [6.07, 6.45) is 10.2. The van der Waals surface area contributed by atoms with Crippen LogP contribution in [0.15, 0.2) is 24.5 Å². The second-order valence-corrected chi connectivity index (χ2v) is 5.77. The fraction of sp³-hybridized carbons (Fsp3) is 0.688. The standard InChI is InChI=1S/C16H26N2O/c1-3-13-6-4-8-15(10-13)19-16(12(2)17)14-7-5-9-18-11-14/h5,7,9,11-13,15-16H,3-4,6,8,10,17H2,1-2H3. The van der Waals surface area contributed by atoms with Crippen LogP contribution in [0.1, 0.15) is 57.6 Å². The smallest absolute Gasteiger partial charge is 0.0991 e. The van der Waals surface area contributed by atoms with Gasteiger partial charge in [-0.05, 0) is 31.7 Å². The summed E-state index contributed by atoms with van der Waals surface area (Å²) in [6.45, 7) is 4.29. The lowest BCUT2D eigenvalue weighted by Gasteiger charge is -2.33. The normalized spacial score (nSPS) is 26.9. The zero-order chi connectivity index (χ0) is 13.7. The molecule has 1 aromatic rings. The van der Waals surface area contributed by atoms with Crippen LogP contribution in [0.3, 0.4) is 0 Å². The molecule has 19 heavy (non-hydrogen) atoms. The molecule has 0 bridgehead atoms. The Morgan fingerprint density at radius 3 is 2.95 bits per heavy atom. The van der Waals surface area contributed by atoms with Crippen molar-refractivity contribution in [2.75, 3.05) is 0 Å². The van der Waals surface area contributed by atoms with E-state index in [0.29, 0.717) is 6.10 Å². The highest BCUT2D eigenvalue weighted by molar-refractivity contribution is 5.14. The molecule has 1 aliphatic rings. The summed E-state index contributed by atoms with van der Waals surface area (Å²) in [5, 5.41) is 0. The van der Waals surface area contributed by atoms with Crippen molar-refractivity contribution in [1.82, 2.24) is 4.98 Å². The van der Waals surface area contributed by atoms with E-state index in [9.17, 15) is 0 Å². The molecule has 1 heterocycles. The van der Waals surface area contributed by atoms with Gasteiger partial charge < -0.3 is 10.5 Å². The number of rotatable bonds is 5. The van der Waals surface area contributed by atoms with E-state index in [2.05, 4.69) is 18.0 Å². The van der Waals surface area contributed by atoms with Gasteiger partial charge in [0, 0.05) is 24.0 Å². The van der Waals surface area contributed by atoms with Gasteiger partial charge in [0.15, 0.2) is 0 Å². The van der Waals surface area contributed by atoms with Gasteiger partial charge >= 0.3 is 0 Å². The monoisotopic (exact) mass is 262 g/mol. The van der Waals surface area contributed by atoms with E-state index < -0.39 is 0 Å². The molecule has 0 radical (unpaired) electrons. The van der Waals surface area contributed by atoms with Crippen LogP contribution in [0.2, 0.25) is 0 Å². The fourth-order valence-electron chi connectivity index (χ4n) is 2.99. The molecular weight excluding hydrogens is 236 g/mol. The highest BCUT2D eigenvalue weighted by atomic mass is 16.5. The third-order valence-corrected chi connectivity index (χ3v) is 4.14. The number of ether oxygens (including phenoxy) is 1. The van der Waals surface area contributed by atoms with Crippen molar-refractivity contribution >= 4 is 0 Å². The third kappa shape index (κ3) is 4.02. The zero-order valence-corrected chi connectivity index (χ0v) is 12.1. The largest absolute Gasteiger partial charge is 0.369 e. The predicted octanol–water partition coefficient (Wildman–Crippen LogP) is 3.46. The van der Waals surface area contributed by atoms with Crippen molar-refractivity contribution in [3.63, 3.8) is 0 Å². The van der Waals surface area contributed by atoms with Gasteiger partial charge in [-0.2, -0.15) is 0 Å². The molecule has 1 fully saturated rings. The summed E-state index contributed by atoms with van der Waals surface area (Å²) in [7, 11) is 0. The molecular formula is C16H26N2O. The van der Waals surface area contributed by atoms with E-state index in [1.807, 2.05) is 19.2 Å². The summed E-state index contributed by atoms with van der Waals surface area (Å²) in [6, 6.07) is 4.00. The molecule has 1 saturated carbocycles. The van der Waals surface area contributed by atoms with Crippen molar-refractivity contribution in [2.24, 2.45) is 11.7 Å². The molecule has 3 heteroatoms. The molecule has 2 rings (SSSR count). The van der Waals surface area contributed by atoms with Crippen LogP contribution in [0, 0.1) is 5.92 Å². The van der Waals surface area contributed by atoms with Gasteiger partial charge in [-0.1, -0.05) is 32.3 Å². The molecule has 0 saturated heterocycles. The van der Waals surface area contributed by atoms with Crippen molar-refractivity contribution in [3.8, 4) is 0 Å². The number of nitrogens with two attached hydrogens (primary N) is 1. The zero-order valence-electron chi connectivity index (χ0n) is 12.1. The molecule has 2 N–H and O–H groups in total. The molecule has 4 atom stereocenters. The van der Waals surface area contributed by atoms with E-state index in [4.69, 9.17) is 10.5 Å². The first-order valence-corrected chi connectivity index (χ1v) is 7.51. The van der Waals surface area contributed by atoms with Gasteiger partial charge in [0.1, 0.15) is 0 Å². The first-order chi connectivity index (χ1) is 9.20. The van der Waals surface area contributed by atoms with Gasteiger partial charge in [-0.15, -0.1) is 0 Å². The molecule has 3 nitrogen and oxygen atoms in total. The molecule has 0 aliphatic heterocycles. The summed E-state index contributed by atoms with van der Waals surface area (Å²) in [4.78, 5) is 4.18. The van der Waals surface area contributed by atoms with E-state index in [0.717, 1.165) is 11.5 Å². The predicted molar refractivity (Wildman–Crippen MR) is 77.7 cm³/mol. The minimum Gasteiger partial charge on any atom is -0.369 e. The lowest BCUT2D eigenvalue weighted by molar-refractivity contribution is -0.0509. The van der Waals surface area contributed by atoms with Gasteiger partial charge in [-0.3, -0.25) is 4.98 Å². The minimum absolute atomic E-state index is 0.00815. The Morgan fingerprint density at radius 1 is 1.47 bits per heavy atom. The number of nitrogens with zero attached hydrogens (tertiary/aromatic N) is 1. The first kappa shape index (κ1) is 14.5. The second kappa shape index (κ2) is 7.01. The van der Waals surface area contributed by atoms with Gasteiger partial charge in [-0.25, -0.2) is 0 Å². The van der Waals surface area contributed by atoms with E-state index in [1.54, 1.807) is 6.20 Å². The van der Waals surface area contributed by atoms with Crippen LogP contribution >= 0.6 is 0 Å². The van der Waals surface area contributed by atoms with Crippen molar-refractivity contribution in [2.45, 2.75) is 64.2 Å². The maximum Gasteiger partial charge on any atom is 0.0991 e. The molecule has 0 aromatic carbocycles. The molecule has 1 aliphatic carbocycles. The van der Waals surface area contributed by atoms with Gasteiger partial charge in [0.05, 0.1) is 12.2 Å². The van der Waals surface area contributed by atoms with Crippen LogP contribution in [0.25, 0.3) is 0 Å². The Bertz CT molecular complexity index is 366. The number of pyridine rings is 1. The average Bonchev–Trinajstić information content (AvgIpc) is 2.45. The molecule has 1 aromatic heterocycles. The van der Waals surface area contributed by atoms with Crippen LogP contribution in [0.5, 0.6) is 0 Å². The molecule has 106 valence electrons. The minimum atomic E-state index is -0.0330. The Hall–Kier alpha value is -0.930. The van der Waals surface area contributed by atoms with Crippen LogP contribution in [-0.4, -0.2) is 17.1 Å². The quantitative estimate of drug-likeness (QED) is 0.884.